The van der Waals surface area contributed by atoms with Gasteiger partial charge < -0.3 is 10.6 Å². The van der Waals surface area contributed by atoms with E-state index in [0.717, 1.165) is 12.8 Å². The van der Waals surface area contributed by atoms with Gasteiger partial charge in [0.25, 0.3) is 0 Å². The molecule has 0 aliphatic carbocycles. The van der Waals surface area contributed by atoms with Gasteiger partial charge in [-0.2, -0.15) is 26.3 Å². The highest BCUT2D eigenvalue weighted by Crippen LogP contribution is 2.31. The standard InChI is InChI=1S/C20H24F6N6O/c1-4-5-6-7-11-8-13(14(31-33)10-16(29)20(24,25)26)30-17(18(11)32(2)3)12(27)9-15(28)19(21,22)23/h8-10,27,29H,4-7,28H2,1-3H3/b14-10-,15-9?,27-12?,29-16?. The van der Waals surface area contributed by atoms with Crippen LogP contribution in [0, 0.1) is 15.7 Å². The van der Waals surface area contributed by atoms with Crippen LogP contribution in [-0.4, -0.2) is 42.9 Å². The Morgan fingerprint density at radius 1 is 1.12 bits per heavy atom. The number of unbranched alkanes of at least 4 members (excludes halogenated alkanes) is 2. The van der Waals surface area contributed by atoms with Crippen LogP contribution >= 0.6 is 0 Å². The number of nitrogens with one attached hydrogen (secondary N) is 2. The molecule has 0 amide bonds. The fraction of sp³-hybridized carbons (Fsp3) is 0.450. The lowest BCUT2D eigenvalue weighted by atomic mass is 10.00. The molecular weight excluding hydrogens is 454 g/mol. The van der Waals surface area contributed by atoms with Gasteiger partial charge in [0.05, 0.1) is 17.1 Å². The molecule has 1 rings (SSSR count). The number of alkyl halides is 6. The summed E-state index contributed by atoms with van der Waals surface area (Å²) >= 11 is 0. The van der Waals surface area contributed by atoms with Gasteiger partial charge in [0, 0.05) is 14.1 Å². The van der Waals surface area contributed by atoms with Crippen LogP contribution in [0.4, 0.5) is 32.0 Å². The summed E-state index contributed by atoms with van der Waals surface area (Å²) in [7, 11) is 3.11. The van der Waals surface area contributed by atoms with Gasteiger partial charge in [0.1, 0.15) is 22.8 Å². The monoisotopic (exact) mass is 478 g/mol. The van der Waals surface area contributed by atoms with Crippen molar-refractivity contribution in [2.45, 2.75) is 45.0 Å². The summed E-state index contributed by atoms with van der Waals surface area (Å²) in [5.41, 5.74) is -0.0759. The molecule has 0 saturated heterocycles. The average molecular weight is 478 g/mol. The van der Waals surface area contributed by atoms with Crippen molar-refractivity contribution in [3.05, 3.63) is 45.8 Å². The number of halogens is 6. The van der Waals surface area contributed by atoms with Crippen molar-refractivity contribution >= 4 is 22.8 Å². The highest BCUT2D eigenvalue weighted by Gasteiger charge is 2.34. The number of nitrogens with zero attached hydrogens (tertiary/aromatic N) is 3. The highest BCUT2D eigenvalue weighted by atomic mass is 19.4. The minimum Gasteiger partial charge on any atom is -0.395 e. The number of anilines is 1. The predicted octanol–water partition coefficient (Wildman–Crippen LogP) is 5.34. The normalized spacial score (nSPS) is 13.1. The number of hydrogen-bond donors (Lipinski definition) is 3. The number of pyridine rings is 1. The second-order valence-electron chi connectivity index (χ2n) is 7.26. The van der Waals surface area contributed by atoms with Crippen LogP contribution in [0.25, 0.3) is 5.70 Å². The fourth-order valence-corrected chi connectivity index (χ4v) is 2.84. The van der Waals surface area contributed by atoms with Crippen LogP contribution in [0.5, 0.6) is 0 Å². The molecule has 0 spiro atoms. The quantitative estimate of drug-likeness (QED) is 0.182. The molecular formula is C20H24F6N6O. The average Bonchev–Trinajstić information content (AvgIpc) is 2.69. The van der Waals surface area contributed by atoms with Crippen LogP contribution in [0.1, 0.15) is 43.1 Å². The van der Waals surface area contributed by atoms with Gasteiger partial charge in [-0.1, -0.05) is 19.8 Å². The Hall–Kier alpha value is -3.25. The lowest BCUT2D eigenvalue weighted by Gasteiger charge is -2.22. The molecule has 0 unspecified atom stereocenters. The SMILES string of the molecule is CCCCCc1cc(/C(=C/C(=N)C(F)(F)F)N=O)nc(C(=N)C=C(N)C(F)(F)F)c1N(C)C. The van der Waals surface area contributed by atoms with E-state index in [1.54, 1.807) is 14.1 Å². The summed E-state index contributed by atoms with van der Waals surface area (Å²) in [6, 6.07) is 1.29. The molecule has 0 bridgehead atoms. The summed E-state index contributed by atoms with van der Waals surface area (Å²) in [4.78, 5) is 16.7. The number of rotatable bonds is 10. The van der Waals surface area contributed by atoms with Crippen molar-refractivity contribution in [2.24, 2.45) is 10.9 Å². The first-order chi connectivity index (χ1) is 15.1. The molecule has 0 aliphatic rings. The second-order valence-corrected chi connectivity index (χ2v) is 7.26. The van der Waals surface area contributed by atoms with Gasteiger partial charge in [-0.3, -0.25) is 10.8 Å². The summed E-state index contributed by atoms with van der Waals surface area (Å²) in [6.07, 6.45) is -6.86. The van der Waals surface area contributed by atoms with E-state index in [-0.39, 0.29) is 17.5 Å². The maximum atomic E-state index is 12.9. The fourth-order valence-electron chi connectivity index (χ4n) is 2.84. The van der Waals surface area contributed by atoms with E-state index in [4.69, 9.17) is 16.6 Å². The van der Waals surface area contributed by atoms with E-state index in [1.807, 2.05) is 6.92 Å². The van der Waals surface area contributed by atoms with E-state index < -0.39 is 40.9 Å². The van der Waals surface area contributed by atoms with Gasteiger partial charge >= 0.3 is 12.4 Å². The van der Waals surface area contributed by atoms with Crippen LogP contribution in [0.2, 0.25) is 0 Å². The first-order valence-electron chi connectivity index (χ1n) is 9.69. The molecule has 13 heteroatoms. The van der Waals surface area contributed by atoms with E-state index in [0.29, 0.717) is 24.5 Å². The first-order valence-corrected chi connectivity index (χ1v) is 9.69. The number of aryl methyl sites for hydroxylation is 1. The lowest BCUT2D eigenvalue weighted by molar-refractivity contribution is -0.0925. The number of aromatic nitrogens is 1. The van der Waals surface area contributed by atoms with E-state index >= 15 is 0 Å². The van der Waals surface area contributed by atoms with E-state index in [2.05, 4.69) is 10.2 Å². The Morgan fingerprint density at radius 2 is 1.73 bits per heavy atom. The van der Waals surface area contributed by atoms with E-state index in [1.165, 1.54) is 11.0 Å². The molecule has 0 atom stereocenters. The van der Waals surface area contributed by atoms with Gasteiger partial charge in [-0.15, -0.1) is 4.91 Å². The van der Waals surface area contributed by atoms with Crippen LogP contribution < -0.4 is 10.6 Å². The highest BCUT2D eigenvalue weighted by molar-refractivity contribution is 6.10. The number of nitrogens with two attached hydrogens (primary N) is 1. The molecule has 0 saturated carbocycles. The van der Waals surface area contributed by atoms with Crippen molar-refractivity contribution in [1.29, 1.82) is 10.8 Å². The van der Waals surface area contributed by atoms with Crippen LogP contribution in [-0.2, 0) is 6.42 Å². The molecule has 1 aromatic rings. The summed E-state index contributed by atoms with van der Waals surface area (Å²) in [6.45, 7) is 1.94. The minimum atomic E-state index is -5.05. The summed E-state index contributed by atoms with van der Waals surface area (Å²) in [5, 5.41) is 17.7. The third kappa shape index (κ3) is 7.68. The van der Waals surface area contributed by atoms with Gasteiger partial charge in [-0.25, -0.2) is 4.98 Å². The van der Waals surface area contributed by atoms with Crippen LogP contribution in [0.15, 0.2) is 29.1 Å². The molecule has 0 fully saturated rings. The van der Waals surface area contributed by atoms with Crippen molar-refractivity contribution in [2.75, 3.05) is 19.0 Å². The Kier molecular flexibility index (Phi) is 9.31. The Bertz CT molecular complexity index is 963. The Morgan fingerprint density at radius 3 is 2.18 bits per heavy atom. The maximum absolute atomic E-state index is 12.9. The molecule has 0 aliphatic heterocycles. The molecule has 7 nitrogen and oxygen atoms in total. The zero-order valence-corrected chi connectivity index (χ0v) is 18.2. The van der Waals surface area contributed by atoms with Crippen molar-refractivity contribution < 1.29 is 26.3 Å². The largest absolute Gasteiger partial charge is 0.432 e. The molecule has 0 aromatic carbocycles. The van der Waals surface area contributed by atoms with Gasteiger partial charge in [0.2, 0.25) is 0 Å². The number of nitroso groups, excluding NO2 is 1. The maximum Gasteiger partial charge on any atom is 0.432 e. The molecule has 4 N–H and O–H groups in total. The predicted molar refractivity (Wildman–Crippen MR) is 115 cm³/mol. The smallest absolute Gasteiger partial charge is 0.395 e. The Labute approximate surface area is 186 Å². The molecule has 182 valence electrons. The van der Waals surface area contributed by atoms with Crippen LogP contribution in [0.3, 0.4) is 0 Å². The minimum absolute atomic E-state index is 0.174. The summed E-state index contributed by atoms with van der Waals surface area (Å²) in [5.74, 6) is 0. The molecule has 0 radical (unpaired) electrons. The number of allylic oxidation sites excluding steroid dienone is 3. The number of hydrogen-bond acceptors (Lipinski definition) is 7. The second kappa shape index (κ2) is 11.1. The summed E-state index contributed by atoms with van der Waals surface area (Å²) < 4.78 is 76.9. The van der Waals surface area contributed by atoms with Crippen molar-refractivity contribution in [1.82, 2.24) is 4.98 Å². The van der Waals surface area contributed by atoms with Gasteiger partial charge in [0.15, 0.2) is 0 Å². The van der Waals surface area contributed by atoms with Gasteiger partial charge in [-0.05, 0) is 41.8 Å². The van der Waals surface area contributed by atoms with E-state index in [9.17, 15) is 31.2 Å². The topological polar surface area (TPSA) is 119 Å². The zero-order chi connectivity index (χ0) is 25.6. The molecule has 33 heavy (non-hydrogen) atoms. The van der Waals surface area contributed by atoms with Crippen molar-refractivity contribution in [3.63, 3.8) is 0 Å². The third-order valence-electron chi connectivity index (χ3n) is 4.40. The zero-order valence-electron chi connectivity index (χ0n) is 18.2. The lowest BCUT2D eigenvalue weighted by Crippen LogP contribution is -2.23. The molecule has 1 heterocycles. The Balaban J connectivity index is 3.82. The molecule has 1 aromatic heterocycles. The first kappa shape index (κ1) is 27.8. The van der Waals surface area contributed by atoms with Crippen molar-refractivity contribution in [3.8, 4) is 0 Å². The third-order valence-corrected chi connectivity index (χ3v) is 4.40.